The molecule has 17 heavy (non-hydrogen) atoms. The Bertz CT molecular complexity index is 234. The van der Waals surface area contributed by atoms with Gasteiger partial charge in [0, 0.05) is 11.9 Å². The van der Waals surface area contributed by atoms with Crippen LogP contribution in [0.3, 0.4) is 0 Å². The van der Waals surface area contributed by atoms with E-state index >= 15 is 0 Å². The maximum Gasteiger partial charge on any atom is 0.411 e. The summed E-state index contributed by atoms with van der Waals surface area (Å²) in [5, 5.41) is 2.59. The Balaban J connectivity index is 3.90. The highest BCUT2D eigenvalue weighted by Gasteiger charge is 2.28. The van der Waals surface area contributed by atoms with Crippen molar-refractivity contribution >= 4 is 17.5 Å². The van der Waals surface area contributed by atoms with Gasteiger partial charge in [-0.2, -0.15) is 13.2 Å². The van der Waals surface area contributed by atoms with E-state index in [1.54, 1.807) is 0 Å². The minimum atomic E-state index is -4.41. The molecule has 0 rings (SSSR count). The van der Waals surface area contributed by atoms with Crippen molar-refractivity contribution in [1.82, 2.24) is 5.32 Å². The lowest BCUT2D eigenvalue weighted by molar-refractivity contribution is -0.175. The van der Waals surface area contributed by atoms with E-state index in [2.05, 4.69) is 10.1 Å². The molecule has 102 valence electrons. The van der Waals surface area contributed by atoms with E-state index in [1.165, 1.54) is 0 Å². The molecule has 0 aromatic rings. The van der Waals surface area contributed by atoms with Crippen LogP contribution in [0.2, 0.25) is 0 Å². The zero-order valence-corrected chi connectivity index (χ0v) is 10.6. The molecular weight excluding hydrogens is 259 g/mol. The van der Waals surface area contributed by atoms with Crippen molar-refractivity contribution in [3.8, 4) is 0 Å². The molecule has 0 saturated carbocycles. The topological polar surface area (TPSA) is 38.3 Å². The van der Waals surface area contributed by atoms with E-state index in [1.807, 2.05) is 13.8 Å². The van der Waals surface area contributed by atoms with E-state index in [4.69, 9.17) is 11.6 Å². The number of halogens is 4. The molecule has 7 heteroatoms. The van der Waals surface area contributed by atoms with Gasteiger partial charge in [-0.1, -0.05) is 13.8 Å². The number of carbonyl (C=O) groups is 1. The normalized spacial score (nSPS) is 13.8. The molecular formula is C10H17ClF3NO2. The van der Waals surface area contributed by atoms with Crippen molar-refractivity contribution in [3.05, 3.63) is 0 Å². The Hall–Kier alpha value is -0.490. The predicted octanol–water partition coefficient (Wildman–Crippen LogP) is 2.34. The zero-order chi connectivity index (χ0) is 13.5. The van der Waals surface area contributed by atoms with Gasteiger partial charge in [-0.05, 0) is 12.3 Å². The molecule has 1 amide bonds. The third-order valence-electron chi connectivity index (χ3n) is 2.07. The second kappa shape index (κ2) is 7.76. The second-order valence-corrected chi connectivity index (χ2v) is 4.38. The average Bonchev–Trinajstić information content (AvgIpc) is 2.14. The van der Waals surface area contributed by atoms with E-state index < -0.39 is 25.3 Å². The number of amides is 1. The predicted molar refractivity (Wildman–Crippen MR) is 59.0 cm³/mol. The maximum absolute atomic E-state index is 11.7. The molecule has 1 atom stereocenters. The molecule has 1 unspecified atom stereocenters. The van der Waals surface area contributed by atoms with Gasteiger partial charge in [0.2, 0.25) is 5.91 Å². The molecule has 0 aromatic heterocycles. The van der Waals surface area contributed by atoms with Crippen LogP contribution in [-0.2, 0) is 9.53 Å². The fraction of sp³-hybridized carbons (Fsp3) is 0.900. The number of carbonyl (C=O) groups excluding carboxylic acids is 1. The number of alkyl halides is 4. The summed E-state index contributed by atoms with van der Waals surface area (Å²) >= 11 is 5.56. The van der Waals surface area contributed by atoms with E-state index in [-0.39, 0.29) is 12.0 Å². The molecule has 0 bridgehead atoms. The number of ether oxygens (including phenoxy) is 1. The van der Waals surface area contributed by atoms with Crippen molar-refractivity contribution in [2.24, 2.45) is 5.92 Å². The lowest BCUT2D eigenvalue weighted by Crippen LogP contribution is -2.41. The highest BCUT2D eigenvalue weighted by molar-refractivity contribution is 6.17. The summed E-state index contributed by atoms with van der Waals surface area (Å²) < 4.78 is 39.5. The van der Waals surface area contributed by atoms with Gasteiger partial charge in [0.05, 0.1) is 0 Å². The largest absolute Gasteiger partial charge is 0.411 e. The molecule has 0 heterocycles. The van der Waals surface area contributed by atoms with Crippen LogP contribution in [0.1, 0.15) is 20.3 Å². The first-order valence-electron chi connectivity index (χ1n) is 5.26. The van der Waals surface area contributed by atoms with Crippen LogP contribution in [-0.4, -0.2) is 37.2 Å². The molecule has 1 N–H and O–H groups in total. The Kier molecular flexibility index (Phi) is 7.54. The van der Waals surface area contributed by atoms with Crippen molar-refractivity contribution in [2.45, 2.75) is 32.5 Å². The molecule has 0 aliphatic heterocycles. The monoisotopic (exact) mass is 275 g/mol. The van der Waals surface area contributed by atoms with E-state index in [0.717, 1.165) is 0 Å². The lowest BCUT2D eigenvalue weighted by Gasteiger charge is -2.21. The average molecular weight is 276 g/mol. The number of hydrogen-bond donors (Lipinski definition) is 1. The molecule has 0 aliphatic rings. The standard InChI is InChI=1S/C10H17ClF3NO2/c1-7(2)8(3-4-11)15-9(16)5-17-6-10(12,13)14/h7-8H,3-6H2,1-2H3,(H,15,16). The summed E-state index contributed by atoms with van der Waals surface area (Å²) in [6, 6.07) is -0.144. The molecule has 3 nitrogen and oxygen atoms in total. The van der Waals surface area contributed by atoms with Crippen molar-refractivity contribution < 1.29 is 22.7 Å². The van der Waals surface area contributed by atoms with Crippen molar-refractivity contribution in [1.29, 1.82) is 0 Å². The van der Waals surface area contributed by atoms with Crippen LogP contribution >= 0.6 is 11.6 Å². The Morgan fingerprint density at radius 1 is 1.41 bits per heavy atom. The first kappa shape index (κ1) is 16.5. The van der Waals surface area contributed by atoms with Gasteiger partial charge >= 0.3 is 6.18 Å². The fourth-order valence-corrected chi connectivity index (χ4v) is 1.43. The van der Waals surface area contributed by atoms with Gasteiger partial charge in [0.15, 0.2) is 0 Å². The third kappa shape index (κ3) is 9.23. The van der Waals surface area contributed by atoms with Crippen LogP contribution in [0.25, 0.3) is 0 Å². The second-order valence-electron chi connectivity index (χ2n) is 4.00. The number of nitrogens with one attached hydrogen (secondary N) is 1. The number of hydrogen-bond acceptors (Lipinski definition) is 2. The van der Waals surface area contributed by atoms with Crippen molar-refractivity contribution in [2.75, 3.05) is 19.1 Å². The maximum atomic E-state index is 11.7. The van der Waals surface area contributed by atoms with Crippen molar-refractivity contribution in [3.63, 3.8) is 0 Å². The first-order valence-corrected chi connectivity index (χ1v) is 5.79. The summed E-state index contributed by atoms with van der Waals surface area (Å²) in [6.07, 6.45) is -3.84. The molecule has 0 aromatic carbocycles. The van der Waals surface area contributed by atoms with E-state index in [0.29, 0.717) is 12.3 Å². The van der Waals surface area contributed by atoms with Gasteiger partial charge in [-0.15, -0.1) is 11.6 Å². The zero-order valence-electron chi connectivity index (χ0n) is 9.81. The van der Waals surface area contributed by atoms with Crippen LogP contribution in [0.15, 0.2) is 0 Å². The highest BCUT2D eigenvalue weighted by atomic mass is 35.5. The van der Waals surface area contributed by atoms with Gasteiger partial charge in [0.25, 0.3) is 0 Å². The van der Waals surface area contributed by atoms with Crippen LogP contribution in [0, 0.1) is 5.92 Å². The Labute approximate surface area is 104 Å². The smallest absolute Gasteiger partial charge is 0.362 e. The molecule has 0 radical (unpaired) electrons. The third-order valence-corrected chi connectivity index (χ3v) is 2.29. The van der Waals surface area contributed by atoms with Gasteiger partial charge in [-0.3, -0.25) is 4.79 Å². The summed E-state index contributed by atoms with van der Waals surface area (Å²) in [4.78, 5) is 11.3. The Morgan fingerprint density at radius 2 is 2.00 bits per heavy atom. The minimum Gasteiger partial charge on any atom is -0.362 e. The van der Waals surface area contributed by atoms with E-state index in [9.17, 15) is 18.0 Å². The van der Waals surface area contributed by atoms with Crippen LogP contribution in [0.4, 0.5) is 13.2 Å². The molecule has 0 spiro atoms. The summed E-state index contributed by atoms with van der Waals surface area (Å²) in [5.41, 5.74) is 0. The quantitative estimate of drug-likeness (QED) is 0.724. The molecule has 0 saturated heterocycles. The summed E-state index contributed by atoms with van der Waals surface area (Å²) in [6.45, 7) is 1.79. The molecule has 0 fully saturated rings. The SMILES string of the molecule is CC(C)C(CCCl)NC(=O)COCC(F)(F)F. The summed E-state index contributed by atoms with van der Waals surface area (Å²) in [5.74, 6) is -0.00890. The fourth-order valence-electron chi connectivity index (χ4n) is 1.20. The number of rotatable bonds is 7. The highest BCUT2D eigenvalue weighted by Crippen LogP contribution is 2.14. The van der Waals surface area contributed by atoms with Gasteiger partial charge < -0.3 is 10.1 Å². The lowest BCUT2D eigenvalue weighted by atomic mass is 10.0. The first-order chi connectivity index (χ1) is 7.76. The molecule has 0 aliphatic carbocycles. The van der Waals surface area contributed by atoms with Gasteiger partial charge in [0.1, 0.15) is 13.2 Å². The van der Waals surface area contributed by atoms with Gasteiger partial charge in [-0.25, -0.2) is 0 Å². The Morgan fingerprint density at radius 3 is 2.41 bits per heavy atom. The van der Waals surface area contributed by atoms with Crippen LogP contribution in [0.5, 0.6) is 0 Å². The van der Waals surface area contributed by atoms with Crippen LogP contribution < -0.4 is 5.32 Å². The summed E-state index contributed by atoms with van der Waals surface area (Å²) in [7, 11) is 0. The minimum absolute atomic E-state index is 0.144.